The van der Waals surface area contributed by atoms with Gasteiger partial charge in [0.1, 0.15) is 0 Å². The van der Waals surface area contributed by atoms with E-state index in [4.69, 9.17) is 5.11 Å². The Hall–Kier alpha value is -1.50. The Kier molecular flexibility index (Phi) is 3.00. The van der Waals surface area contributed by atoms with Crippen LogP contribution in [0.3, 0.4) is 0 Å². The fourth-order valence-corrected chi connectivity index (χ4v) is 4.10. The predicted molar refractivity (Wildman–Crippen MR) is 71.1 cm³/mol. The van der Waals surface area contributed by atoms with Crippen LogP contribution in [-0.4, -0.2) is 42.5 Å². The minimum Gasteiger partial charge on any atom is -0.396 e. The van der Waals surface area contributed by atoms with Crippen molar-refractivity contribution in [2.75, 3.05) is 19.7 Å². The second kappa shape index (κ2) is 4.56. The molecular formula is C13H14N2O3S. The number of hydrogen-bond donors (Lipinski definition) is 1. The first-order valence-electron chi connectivity index (χ1n) is 6.06. The number of pyridine rings is 1. The zero-order chi connectivity index (χ0) is 13.5. The van der Waals surface area contributed by atoms with Crippen LogP contribution in [0.15, 0.2) is 41.6 Å². The molecule has 2 aromatic rings. The molecule has 0 aliphatic carbocycles. The second-order valence-corrected chi connectivity index (χ2v) is 6.63. The Morgan fingerprint density at radius 3 is 2.84 bits per heavy atom. The quantitative estimate of drug-likeness (QED) is 0.903. The number of fused-ring (bicyclic) bond motifs is 1. The molecule has 1 aliphatic rings. The molecule has 100 valence electrons. The zero-order valence-electron chi connectivity index (χ0n) is 10.2. The minimum atomic E-state index is -3.48. The lowest BCUT2D eigenvalue weighted by Gasteiger charge is -2.37. The Balaban J connectivity index is 2.05. The van der Waals surface area contributed by atoms with Crippen LogP contribution in [0.2, 0.25) is 0 Å². The monoisotopic (exact) mass is 278 g/mol. The lowest BCUT2D eigenvalue weighted by Crippen LogP contribution is -2.51. The van der Waals surface area contributed by atoms with Gasteiger partial charge in [-0.2, -0.15) is 4.31 Å². The van der Waals surface area contributed by atoms with Crippen LogP contribution in [0.25, 0.3) is 10.8 Å². The summed E-state index contributed by atoms with van der Waals surface area (Å²) < 4.78 is 26.4. The van der Waals surface area contributed by atoms with Crippen molar-refractivity contribution in [1.29, 1.82) is 0 Å². The van der Waals surface area contributed by atoms with E-state index in [1.165, 1.54) is 4.31 Å². The van der Waals surface area contributed by atoms with Crippen molar-refractivity contribution in [3.8, 4) is 0 Å². The van der Waals surface area contributed by atoms with Gasteiger partial charge in [0.05, 0.1) is 4.90 Å². The number of nitrogens with zero attached hydrogens (tertiary/aromatic N) is 2. The maximum Gasteiger partial charge on any atom is 0.243 e. The molecule has 0 bridgehead atoms. The molecule has 1 aromatic heterocycles. The van der Waals surface area contributed by atoms with Gasteiger partial charge in [-0.1, -0.05) is 12.1 Å². The highest BCUT2D eigenvalue weighted by Gasteiger charge is 2.36. The number of rotatable bonds is 3. The molecule has 1 aromatic carbocycles. The summed E-state index contributed by atoms with van der Waals surface area (Å²) in [5.74, 6) is 0.0615. The van der Waals surface area contributed by atoms with Crippen molar-refractivity contribution in [2.45, 2.75) is 4.90 Å². The molecule has 3 rings (SSSR count). The van der Waals surface area contributed by atoms with Crippen LogP contribution in [0.5, 0.6) is 0 Å². The Bertz CT molecular complexity index is 703. The van der Waals surface area contributed by atoms with Gasteiger partial charge < -0.3 is 5.11 Å². The topological polar surface area (TPSA) is 70.5 Å². The molecule has 1 aliphatic heterocycles. The van der Waals surface area contributed by atoms with Crippen LogP contribution in [0.4, 0.5) is 0 Å². The highest BCUT2D eigenvalue weighted by atomic mass is 32.2. The highest BCUT2D eigenvalue weighted by Crippen LogP contribution is 2.29. The molecule has 19 heavy (non-hydrogen) atoms. The summed E-state index contributed by atoms with van der Waals surface area (Å²) in [6.07, 6.45) is 3.25. The Morgan fingerprint density at radius 2 is 2.11 bits per heavy atom. The molecule has 0 unspecified atom stereocenters. The third kappa shape index (κ3) is 2.01. The van der Waals surface area contributed by atoms with Crippen molar-refractivity contribution in [3.63, 3.8) is 0 Å². The molecule has 0 spiro atoms. The van der Waals surface area contributed by atoms with Gasteiger partial charge in [0, 0.05) is 48.8 Å². The summed E-state index contributed by atoms with van der Waals surface area (Å²) in [6.45, 7) is 0.812. The predicted octanol–water partition coefficient (Wildman–Crippen LogP) is 0.848. The highest BCUT2D eigenvalue weighted by molar-refractivity contribution is 7.89. The van der Waals surface area contributed by atoms with E-state index in [0.29, 0.717) is 23.4 Å². The zero-order valence-corrected chi connectivity index (χ0v) is 11.0. The van der Waals surface area contributed by atoms with Gasteiger partial charge in [0.2, 0.25) is 10.0 Å². The number of aliphatic hydroxyl groups is 1. The number of sulfonamides is 1. The van der Waals surface area contributed by atoms with Crippen molar-refractivity contribution >= 4 is 20.8 Å². The van der Waals surface area contributed by atoms with Gasteiger partial charge in [-0.25, -0.2) is 8.42 Å². The number of aliphatic hydroxyl groups excluding tert-OH is 1. The maximum atomic E-state index is 12.5. The Morgan fingerprint density at radius 1 is 1.32 bits per heavy atom. The molecule has 1 fully saturated rings. The van der Waals surface area contributed by atoms with Crippen LogP contribution >= 0.6 is 0 Å². The number of benzene rings is 1. The van der Waals surface area contributed by atoms with E-state index in [-0.39, 0.29) is 12.5 Å². The van der Waals surface area contributed by atoms with E-state index in [0.717, 1.165) is 5.39 Å². The largest absolute Gasteiger partial charge is 0.396 e. The van der Waals surface area contributed by atoms with Gasteiger partial charge in [-0.15, -0.1) is 0 Å². The van der Waals surface area contributed by atoms with Crippen molar-refractivity contribution in [2.24, 2.45) is 5.92 Å². The summed E-state index contributed by atoms with van der Waals surface area (Å²) >= 11 is 0. The minimum absolute atomic E-state index is 0.0332. The smallest absolute Gasteiger partial charge is 0.243 e. The molecule has 0 saturated carbocycles. The molecule has 6 heteroatoms. The maximum absolute atomic E-state index is 12.5. The summed E-state index contributed by atoms with van der Waals surface area (Å²) in [5, 5.41) is 10.5. The average Bonchev–Trinajstić information content (AvgIpc) is 2.36. The van der Waals surface area contributed by atoms with Gasteiger partial charge >= 0.3 is 0 Å². The normalized spacial score (nSPS) is 17.5. The molecule has 5 nitrogen and oxygen atoms in total. The lowest BCUT2D eigenvalue weighted by atomic mass is 10.1. The van der Waals surface area contributed by atoms with Gasteiger partial charge in [-0.3, -0.25) is 4.98 Å². The van der Waals surface area contributed by atoms with E-state index >= 15 is 0 Å². The molecule has 0 amide bonds. The first-order chi connectivity index (χ1) is 9.13. The van der Waals surface area contributed by atoms with Crippen LogP contribution in [0.1, 0.15) is 0 Å². The van der Waals surface area contributed by atoms with Crippen LogP contribution < -0.4 is 0 Å². The summed E-state index contributed by atoms with van der Waals surface area (Å²) in [7, 11) is -3.48. The van der Waals surface area contributed by atoms with E-state index in [1.807, 2.05) is 6.07 Å². The molecule has 2 heterocycles. The van der Waals surface area contributed by atoms with E-state index in [9.17, 15) is 8.42 Å². The van der Waals surface area contributed by atoms with Gasteiger partial charge in [0.25, 0.3) is 0 Å². The molecule has 0 radical (unpaired) electrons. The SMILES string of the molecule is O=S(=O)(c1cccc2cnccc12)N1CC(CO)C1. The van der Waals surface area contributed by atoms with Crippen molar-refractivity contribution < 1.29 is 13.5 Å². The Labute approximate surface area is 111 Å². The summed E-state index contributed by atoms with van der Waals surface area (Å²) in [4.78, 5) is 4.31. The lowest BCUT2D eigenvalue weighted by molar-refractivity contribution is 0.117. The first-order valence-corrected chi connectivity index (χ1v) is 7.50. The van der Waals surface area contributed by atoms with Gasteiger partial charge in [-0.05, 0) is 12.1 Å². The summed E-state index contributed by atoms with van der Waals surface area (Å²) in [6, 6.07) is 6.89. The fourth-order valence-electron chi connectivity index (χ4n) is 2.29. The standard InChI is InChI=1S/C13H14N2O3S/c16-9-10-7-15(8-10)19(17,18)13-3-1-2-11-6-14-5-4-12(11)13/h1-6,10,16H,7-9H2. The fraction of sp³-hybridized carbons (Fsp3) is 0.308. The molecule has 0 atom stereocenters. The second-order valence-electron chi connectivity index (χ2n) is 4.72. The first kappa shape index (κ1) is 12.5. The van der Waals surface area contributed by atoms with Crippen LogP contribution in [0, 0.1) is 5.92 Å². The third-order valence-electron chi connectivity index (χ3n) is 3.44. The van der Waals surface area contributed by atoms with Crippen molar-refractivity contribution in [3.05, 3.63) is 36.7 Å². The number of hydrogen-bond acceptors (Lipinski definition) is 4. The van der Waals surface area contributed by atoms with E-state index in [1.54, 1.807) is 30.6 Å². The number of aromatic nitrogens is 1. The van der Waals surface area contributed by atoms with E-state index < -0.39 is 10.0 Å². The van der Waals surface area contributed by atoms with E-state index in [2.05, 4.69) is 4.98 Å². The van der Waals surface area contributed by atoms with Crippen molar-refractivity contribution in [1.82, 2.24) is 9.29 Å². The molecule has 1 N–H and O–H groups in total. The van der Waals surface area contributed by atoms with Crippen LogP contribution in [-0.2, 0) is 10.0 Å². The average molecular weight is 278 g/mol. The summed E-state index contributed by atoms with van der Waals surface area (Å²) in [5.41, 5.74) is 0. The molecular weight excluding hydrogens is 264 g/mol. The third-order valence-corrected chi connectivity index (χ3v) is 5.33. The van der Waals surface area contributed by atoms with Gasteiger partial charge in [0.15, 0.2) is 0 Å². The molecule has 1 saturated heterocycles.